The fraction of sp³-hybridized carbons (Fsp3) is 0.800. The zero-order valence-electron chi connectivity index (χ0n) is 13.4. The van der Waals surface area contributed by atoms with Crippen molar-refractivity contribution in [1.29, 1.82) is 5.41 Å². The summed E-state index contributed by atoms with van der Waals surface area (Å²) in [5.74, 6) is 1.71. The number of hydrogen-bond donors (Lipinski definition) is 4. The Hall–Kier alpha value is -1.79. The van der Waals surface area contributed by atoms with Crippen molar-refractivity contribution in [3.05, 3.63) is 0 Å². The van der Waals surface area contributed by atoms with Gasteiger partial charge in [0.2, 0.25) is 5.96 Å². The number of carboxylic acid groups (broad SMARTS) is 1. The molecule has 0 atom stereocenters. The van der Waals surface area contributed by atoms with Gasteiger partial charge in [-0.2, -0.15) is 4.99 Å². The van der Waals surface area contributed by atoms with E-state index in [0.29, 0.717) is 0 Å². The number of carbonyl (C=O) groups is 1. The lowest BCUT2D eigenvalue weighted by Gasteiger charge is -2.54. The molecule has 0 aromatic heterocycles. The molecule has 0 saturated heterocycles. The quantitative estimate of drug-likeness (QED) is 0.425. The second kappa shape index (κ2) is 6.14. The van der Waals surface area contributed by atoms with Crippen molar-refractivity contribution in [2.24, 2.45) is 39.6 Å². The SMILES string of the molecule is CN(C)C(=N)N=C(N)N.O=C(O)C12CC3CC(CC(C3)C1)C2. The third-order valence-electron chi connectivity index (χ3n) is 5.15. The zero-order chi connectivity index (χ0) is 16.5. The summed E-state index contributed by atoms with van der Waals surface area (Å²) in [5.41, 5.74) is 9.70. The summed E-state index contributed by atoms with van der Waals surface area (Å²) < 4.78 is 0. The van der Waals surface area contributed by atoms with Gasteiger partial charge in [-0.15, -0.1) is 0 Å². The van der Waals surface area contributed by atoms with E-state index in [1.807, 2.05) is 0 Å². The summed E-state index contributed by atoms with van der Waals surface area (Å²) in [6.07, 6.45) is 6.92. The Morgan fingerprint density at radius 2 is 1.55 bits per heavy atom. The number of nitrogens with two attached hydrogens (primary N) is 2. The van der Waals surface area contributed by atoms with Gasteiger partial charge in [-0.05, 0) is 56.3 Å². The first kappa shape index (κ1) is 16.6. The highest BCUT2D eigenvalue weighted by molar-refractivity contribution is 5.91. The third-order valence-corrected chi connectivity index (χ3v) is 5.15. The maximum Gasteiger partial charge on any atom is 0.309 e. The number of aliphatic imine (C=N–C) groups is 1. The summed E-state index contributed by atoms with van der Waals surface area (Å²) in [4.78, 5) is 16.2. The first-order valence-corrected chi connectivity index (χ1v) is 7.81. The molecule has 6 N–H and O–H groups in total. The molecule has 0 unspecified atom stereocenters. The first-order valence-electron chi connectivity index (χ1n) is 7.81. The van der Waals surface area contributed by atoms with Crippen LogP contribution in [0.1, 0.15) is 38.5 Å². The van der Waals surface area contributed by atoms with Crippen LogP contribution in [-0.2, 0) is 4.79 Å². The molecule has 4 rings (SSSR count). The summed E-state index contributed by atoms with van der Waals surface area (Å²) in [5, 5.41) is 16.3. The van der Waals surface area contributed by atoms with Crippen molar-refractivity contribution in [2.45, 2.75) is 38.5 Å². The van der Waals surface area contributed by atoms with Crippen LogP contribution in [0.5, 0.6) is 0 Å². The van der Waals surface area contributed by atoms with Crippen molar-refractivity contribution in [2.75, 3.05) is 14.1 Å². The smallest absolute Gasteiger partial charge is 0.309 e. The van der Waals surface area contributed by atoms with Crippen LogP contribution in [0.3, 0.4) is 0 Å². The van der Waals surface area contributed by atoms with Crippen molar-refractivity contribution in [1.82, 2.24) is 4.90 Å². The summed E-state index contributed by atoms with van der Waals surface area (Å²) in [6, 6.07) is 0. The van der Waals surface area contributed by atoms with Gasteiger partial charge in [0.15, 0.2) is 5.96 Å². The van der Waals surface area contributed by atoms with E-state index in [0.717, 1.165) is 37.0 Å². The Morgan fingerprint density at radius 3 is 1.77 bits per heavy atom. The molecular formula is C15H27N5O2. The molecule has 4 saturated carbocycles. The van der Waals surface area contributed by atoms with Gasteiger partial charge in [-0.1, -0.05) is 0 Å². The Morgan fingerprint density at radius 1 is 1.14 bits per heavy atom. The highest BCUT2D eigenvalue weighted by Gasteiger charge is 2.54. The van der Waals surface area contributed by atoms with Gasteiger partial charge in [-0.3, -0.25) is 10.2 Å². The number of carboxylic acids is 1. The van der Waals surface area contributed by atoms with E-state index < -0.39 is 5.97 Å². The summed E-state index contributed by atoms with van der Waals surface area (Å²) >= 11 is 0. The highest BCUT2D eigenvalue weighted by atomic mass is 16.4. The minimum Gasteiger partial charge on any atom is -0.481 e. The molecule has 4 bridgehead atoms. The minimum atomic E-state index is -0.508. The van der Waals surface area contributed by atoms with E-state index in [-0.39, 0.29) is 17.3 Å². The molecule has 0 heterocycles. The molecule has 124 valence electrons. The van der Waals surface area contributed by atoms with Crippen LogP contribution in [0.4, 0.5) is 0 Å². The first-order chi connectivity index (χ1) is 10.2. The zero-order valence-corrected chi connectivity index (χ0v) is 13.4. The standard InChI is InChI=1S/C11H16O2.C4H11N5/c12-10(13)11-4-7-1-8(5-11)3-9(2-7)6-11;1-9(2)4(7)8-3(5)6/h7-9H,1-6H2,(H,12,13);1-2H3,(H5,5,6,7,8). The van der Waals surface area contributed by atoms with Gasteiger partial charge < -0.3 is 21.5 Å². The highest BCUT2D eigenvalue weighted by Crippen LogP contribution is 2.59. The second-order valence-corrected chi connectivity index (χ2v) is 7.26. The Balaban J connectivity index is 0.000000175. The predicted octanol–water partition coefficient (Wildman–Crippen LogP) is 1.04. The van der Waals surface area contributed by atoms with Gasteiger partial charge in [0.25, 0.3) is 0 Å². The normalized spacial score (nSPS) is 34.4. The molecule has 0 spiro atoms. The van der Waals surface area contributed by atoms with Crippen molar-refractivity contribution in [3.8, 4) is 0 Å². The van der Waals surface area contributed by atoms with Gasteiger partial charge in [0.1, 0.15) is 0 Å². The van der Waals surface area contributed by atoms with E-state index in [1.54, 1.807) is 14.1 Å². The number of hydrogen-bond acceptors (Lipinski definition) is 2. The van der Waals surface area contributed by atoms with Gasteiger partial charge in [0, 0.05) is 14.1 Å². The molecule has 4 aliphatic rings. The topological polar surface area (TPSA) is 129 Å². The maximum atomic E-state index is 11.3. The number of nitrogens with zero attached hydrogens (tertiary/aromatic N) is 2. The van der Waals surface area contributed by atoms with Crippen LogP contribution >= 0.6 is 0 Å². The van der Waals surface area contributed by atoms with Crippen molar-refractivity contribution >= 4 is 17.9 Å². The lowest BCUT2D eigenvalue weighted by Crippen LogP contribution is -2.49. The van der Waals surface area contributed by atoms with Crippen molar-refractivity contribution < 1.29 is 9.90 Å². The van der Waals surface area contributed by atoms with Crippen LogP contribution in [0.15, 0.2) is 4.99 Å². The molecule has 0 aromatic rings. The van der Waals surface area contributed by atoms with Crippen LogP contribution in [-0.4, -0.2) is 42.0 Å². The molecule has 7 nitrogen and oxygen atoms in total. The monoisotopic (exact) mass is 309 g/mol. The third kappa shape index (κ3) is 3.51. The molecule has 0 aliphatic heterocycles. The molecule has 22 heavy (non-hydrogen) atoms. The number of aliphatic carboxylic acids is 1. The molecule has 0 radical (unpaired) electrons. The summed E-state index contributed by atoms with van der Waals surface area (Å²) in [6.45, 7) is 0. The van der Waals surface area contributed by atoms with E-state index in [1.165, 1.54) is 24.2 Å². The number of rotatable bonds is 1. The molecule has 4 aliphatic carbocycles. The molecule has 0 amide bonds. The van der Waals surface area contributed by atoms with E-state index in [2.05, 4.69) is 4.99 Å². The summed E-state index contributed by atoms with van der Waals surface area (Å²) in [7, 11) is 3.38. The Labute approximate surface area is 131 Å². The average molecular weight is 309 g/mol. The van der Waals surface area contributed by atoms with Crippen LogP contribution in [0.25, 0.3) is 0 Å². The van der Waals surface area contributed by atoms with Crippen molar-refractivity contribution in [3.63, 3.8) is 0 Å². The Bertz CT molecular complexity index is 447. The average Bonchev–Trinajstić information content (AvgIpc) is 2.36. The number of guanidine groups is 2. The molecular weight excluding hydrogens is 282 g/mol. The molecule has 7 heteroatoms. The van der Waals surface area contributed by atoms with E-state index in [4.69, 9.17) is 16.9 Å². The fourth-order valence-corrected chi connectivity index (χ4v) is 4.59. The van der Waals surface area contributed by atoms with Gasteiger partial charge >= 0.3 is 5.97 Å². The van der Waals surface area contributed by atoms with Crippen LogP contribution in [0, 0.1) is 28.6 Å². The second-order valence-electron chi connectivity index (χ2n) is 7.26. The molecule has 0 aromatic carbocycles. The number of nitrogens with one attached hydrogen (secondary N) is 1. The maximum absolute atomic E-state index is 11.3. The van der Waals surface area contributed by atoms with Crippen LogP contribution < -0.4 is 11.5 Å². The fourth-order valence-electron chi connectivity index (χ4n) is 4.59. The van der Waals surface area contributed by atoms with E-state index >= 15 is 0 Å². The lowest BCUT2D eigenvalue weighted by molar-refractivity contribution is -0.164. The predicted molar refractivity (Wildman–Crippen MR) is 85.5 cm³/mol. The largest absolute Gasteiger partial charge is 0.481 e. The Kier molecular flexibility index (Phi) is 4.63. The van der Waals surface area contributed by atoms with Gasteiger partial charge in [0.05, 0.1) is 5.41 Å². The minimum absolute atomic E-state index is 0.0509. The lowest BCUT2D eigenvalue weighted by atomic mass is 9.49. The van der Waals surface area contributed by atoms with E-state index in [9.17, 15) is 9.90 Å². The van der Waals surface area contributed by atoms with Gasteiger partial charge in [-0.25, -0.2) is 0 Å². The molecule has 4 fully saturated rings. The van der Waals surface area contributed by atoms with Crippen LogP contribution in [0.2, 0.25) is 0 Å².